The molecule has 1 amide bonds. The molecule has 0 aliphatic carbocycles. The van der Waals surface area contributed by atoms with E-state index in [2.05, 4.69) is 58.4 Å². The highest BCUT2D eigenvalue weighted by molar-refractivity contribution is 6.77. The molecule has 0 radical (unpaired) electrons. The lowest BCUT2D eigenvalue weighted by atomic mass is 9.82. The van der Waals surface area contributed by atoms with Crippen molar-refractivity contribution in [2.75, 3.05) is 0 Å². The highest BCUT2D eigenvalue weighted by Gasteiger charge is 2.56. The van der Waals surface area contributed by atoms with Gasteiger partial charge in [0, 0.05) is 6.04 Å². The van der Waals surface area contributed by atoms with Crippen LogP contribution in [0.1, 0.15) is 65.9 Å². The number of β-lactam (4-membered cyclic amide) rings is 1. The average molecular weight is 536 g/mol. The summed E-state index contributed by atoms with van der Waals surface area (Å²) in [6.45, 7) is 19.9. The molecular formula is C28H49NO5Si2. The first-order valence-corrected chi connectivity index (χ1v) is 19.6. The van der Waals surface area contributed by atoms with Crippen molar-refractivity contribution in [3.8, 4) is 0 Å². The van der Waals surface area contributed by atoms with Crippen molar-refractivity contribution in [1.82, 2.24) is 4.57 Å². The van der Waals surface area contributed by atoms with E-state index in [1.54, 1.807) is 0 Å². The number of hydrogen-bond donors (Lipinski definition) is 1. The molecule has 204 valence electrons. The van der Waals surface area contributed by atoms with Crippen LogP contribution in [0.15, 0.2) is 30.3 Å². The van der Waals surface area contributed by atoms with E-state index in [1.165, 1.54) is 0 Å². The van der Waals surface area contributed by atoms with Crippen LogP contribution < -0.4 is 0 Å². The van der Waals surface area contributed by atoms with Gasteiger partial charge < -0.3 is 18.8 Å². The number of unbranched alkanes of at least 4 members (excludes halogenated alkanes) is 1. The summed E-state index contributed by atoms with van der Waals surface area (Å²) in [6.07, 6.45) is 1.37. The summed E-state index contributed by atoms with van der Waals surface area (Å²) in [5, 5.41) is 10.9. The second-order valence-corrected chi connectivity index (χ2v) is 21.9. The maximum absolute atomic E-state index is 13.5. The molecule has 0 spiro atoms. The molecule has 6 nitrogen and oxygen atoms in total. The lowest BCUT2D eigenvalue weighted by molar-refractivity contribution is -0.156. The Morgan fingerprint density at radius 3 is 2.31 bits per heavy atom. The molecule has 4 atom stereocenters. The van der Waals surface area contributed by atoms with Gasteiger partial charge in [-0.1, -0.05) is 84.0 Å². The van der Waals surface area contributed by atoms with Crippen LogP contribution in [-0.2, 0) is 25.4 Å². The van der Waals surface area contributed by atoms with Crippen molar-refractivity contribution >= 4 is 28.4 Å². The predicted molar refractivity (Wildman–Crippen MR) is 151 cm³/mol. The zero-order valence-electron chi connectivity index (χ0n) is 24.0. The van der Waals surface area contributed by atoms with E-state index in [-0.39, 0.29) is 42.0 Å². The summed E-state index contributed by atoms with van der Waals surface area (Å²) in [6, 6.07) is 10.4. The number of nitrogens with zero attached hydrogens (tertiary/aromatic N) is 1. The predicted octanol–water partition coefficient (Wildman–Crippen LogP) is 6.11. The Bertz CT molecular complexity index is 868. The highest BCUT2D eigenvalue weighted by Crippen LogP contribution is 2.43. The quantitative estimate of drug-likeness (QED) is 0.187. The Hall–Kier alpha value is -1.49. The number of ether oxygens (including phenoxy) is 1. The molecular weight excluding hydrogens is 486 g/mol. The van der Waals surface area contributed by atoms with Crippen molar-refractivity contribution in [3.05, 3.63) is 35.9 Å². The van der Waals surface area contributed by atoms with Crippen LogP contribution in [0.4, 0.5) is 0 Å². The molecule has 0 aromatic heterocycles. The number of aliphatic hydroxyl groups is 1. The van der Waals surface area contributed by atoms with E-state index in [4.69, 9.17) is 9.16 Å². The van der Waals surface area contributed by atoms with Crippen molar-refractivity contribution in [3.63, 3.8) is 0 Å². The molecule has 1 N–H and O–H groups in total. The molecule has 0 bridgehead atoms. The minimum atomic E-state index is -2.07. The van der Waals surface area contributed by atoms with Gasteiger partial charge in [-0.2, -0.15) is 0 Å². The number of benzene rings is 1. The van der Waals surface area contributed by atoms with Crippen molar-refractivity contribution in [1.29, 1.82) is 0 Å². The van der Waals surface area contributed by atoms with E-state index in [1.807, 2.05) is 37.3 Å². The fourth-order valence-corrected chi connectivity index (χ4v) is 9.67. The Labute approximate surface area is 221 Å². The van der Waals surface area contributed by atoms with Crippen LogP contribution in [0, 0.1) is 5.92 Å². The SMILES string of the molecule is CCCC[Si](C)(C)N1C(=O)[C@H]([C@@H](C)O[Si](C)(C)C(C)(C)C)[C@H]1CC(O)CC(=O)OCc1ccccc1. The molecule has 2 rings (SSSR count). The largest absolute Gasteiger partial charge is 0.461 e. The Morgan fingerprint density at radius 2 is 1.75 bits per heavy atom. The number of rotatable bonds is 13. The molecule has 1 aromatic carbocycles. The molecule has 1 unspecified atom stereocenters. The topological polar surface area (TPSA) is 76.1 Å². The summed E-state index contributed by atoms with van der Waals surface area (Å²) in [5.74, 6) is -0.562. The van der Waals surface area contributed by atoms with Gasteiger partial charge in [0.2, 0.25) is 5.91 Å². The Kier molecular flexibility index (Phi) is 10.6. The summed E-state index contributed by atoms with van der Waals surface area (Å²) < 4.78 is 14.1. The second kappa shape index (κ2) is 12.4. The third kappa shape index (κ3) is 7.76. The van der Waals surface area contributed by atoms with Gasteiger partial charge in [0.25, 0.3) is 0 Å². The van der Waals surface area contributed by atoms with Crippen LogP contribution in [0.25, 0.3) is 0 Å². The fourth-order valence-electron chi connectivity index (χ4n) is 4.88. The second-order valence-electron chi connectivity index (χ2n) is 12.5. The lowest BCUT2D eigenvalue weighted by Crippen LogP contribution is -2.73. The van der Waals surface area contributed by atoms with Crippen molar-refractivity contribution in [2.45, 2.75) is 122 Å². The van der Waals surface area contributed by atoms with Gasteiger partial charge in [-0.3, -0.25) is 9.59 Å². The molecule has 36 heavy (non-hydrogen) atoms. The van der Waals surface area contributed by atoms with Crippen LogP contribution in [0.5, 0.6) is 0 Å². The normalized spacial score (nSPS) is 20.6. The van der Waals surface area contributed by atoms with E-state index in [0.717, 1.165) is 24.4 Å². The summed E-state index contributed by atoms with van der Waals surface area (Å²) in [4.78, 5) is 26.0. The first kappa shape index (κ1) is 30.7. The van der Waals surface area contributed by atoms with Gasteiger partial charge >= 0.3 is 5.97 Å². The van der Waals surface area contributed by atoms with Crippen LogP contribution in [0.2, 0.25) is 37.3 Å². The molecule has 1 heterocycles. The number of hydrogen-bond acceptors (Lipinski definition) is 5. The maximum Gasteiger partial charge on any atom is 0.308 e. The molecule has 0 saturated carbocycles. The van der Waals surface area contributed by atoms with Gasteiger partial charge in [-0.15, -0.1) is 0 Å². The Morgan fingerprint density at radius 1 is 1.14 bits per heavy atom. The first-order valence-electron chi connectivity index (χ1n) is 13.5. The van der Waals surface area contributed by atoms with Crippen molar-refractivity contribution < 1.29 is 23.9 Å². The van der Waals surface area contributed by atoms with Gasteiger partial charge in [0.1, 0.15) is 6.61 Å². The van der Waals surface area contributed by atoms with Crippen molar-refractivity contribution in [2.24, 2.45) is 5.92 Å². The monoisotopic (exact) mass is 535 g/mol. The molecule has 8 heteroatoms. The maximum atomic E-state index is 13.5. The number of aliphatic hydroxyl groups excluding tert-OH is 1. The summed E-state index contributed by atoms with van der Waals surface area (Å²) in [7, 11) is -4.07. The zero-order valence-corrected chi connectivity index (χ0v) is 26.0. The molecule has 1 aliphatic rings. The standard InChI is InChI=1S/C28H49NO5Si2/c1-10-11-17-35(6,7)29-24(26(27(29)32)21(2)34-36(8,9)28(3,4)5)18-23(30)19-25(31)33-20-22-15-13-12-14-16-22/h12-16,21,23-24,26,30H,10-11,17-20H2,1-9H3/t21-,23?,24-,26-/m1/s1. The number of carbonyl (C=O) groups excluding carboxylic acids is 2. The van der Waals surface area contributed by atoms with Crippen LogP contribution in [-0.4, -0.2) is 56.4 Å². The van der Waals surface area contributed by atoms with E-state index in [9.17, 15) is 14.7 Å². The summed E-state index contributed by atoms with van der Waals surface area (Å²) in [5.41, 5.74) is 0.913. The van der Waals surface area contributed by atoms with E-state index in [0.29, 0.717) is 6.42 Å². The summed E-state index contributed by atoms with van der Waals surface area (Å²) >= 11 is 0. The molecule has 1 aliphatic heterocycles. The minimum absolute atomic E-state index is 0.0421. The minimum Gasteiger partial charge on any atom is -0.461 e. The lowest BCUT2D eigenvalue weighted by Gasteiger charge is -2.57. The third-order valence-electron chi connectivity index (χ3n) is 8.01. The van der Waals surface area contributed by atoms with Gasteiger partial charge in [0.05, 0.1) is 24.5 Å². The Balaban J connectivity index is 2.12. The van der Waals surface area contributed by atoms with Crippen LogP contribution >= 0.6 is 0 Å². The number of esters is 1. The number of carbonyl (C=O) groups is 2. The van der Waals surface area contributed by atoms with Gasteiger partial charge in [0.15, 0.2) is 16.6 Å². The number of amides is 1. The zero-order chi connectivity index (χ0) is 27.3. The molecule has 1 fully saturated rings. The van der Waals surface area contributed by atoms with E-state index >= 15 is 0 Å². The first-order chi connectivity index (χ1) is 16.6. The fraction of sp³-hybridized carbons (Fsp3) is 0.714. The van der Waals surface area contributed by atoms with E-state index < -0.39 is 28.6 Å². The van der Waals surface area contributed by atoms with Gasteiger partial charge in [-0.05, 0) is 43.1 Å². The van der Waals surface area contributed by atoms with Crippen LogP contribution in [0.3, 0.4) is 0 Å². The smallest absolute Gasteiger partial charge is 0.308 e. The highest BCUT2D eigenvalue weighted by atomic mass is 28.4. The average Bonchev–Trinajstić information content (AvgIpc) is 2.75. The molecule has 1 aromatic rings. The van der Waals surface area contributed by atoms with Gasteiger partial charge in [-0.25, -0.2) is 0 Å². The third-order valence-corrected chi connectivity index (χ3v) is 16.0. The molecule has 1 saturated heterocycles.